The second-order valence-electron chi connectivity index (χ2n) is 5.93. The van der Waals surface area contributed by atoms with E-state index in [0.29, 0.717) is 6.61 Å². The minimum Gasteiger partial charge on any atom is -0.497 e. The summed E-state index contributed by atoms with van der Waals surface area (Å²) in [5.41, 5.74) is 2.20. The number of hydrogen-bond acceptors (Lipinski definition) is 4. The molecule has 0 amide bonds. The van der Waals surface area contributed by atoms with Crippen LogP contribution in [0.1, 0.15) is 6.42 Å². The summed E-state index contributed by atoms with van der Waals surface area (Å²) >= 11 is 1.72. The monoisotopic (exact) mass is 364 g/mol. The van der Waals surface area contributed by atoms with E-state index < -0.39 is 0 Å². The molecular formula is C21H20N2O2S. The number of aromatic nitrogens is 2. The first-order valence-electron chi connectivity index (χ1n) is 8.61. The van der Waals surface area contributed by atoms with E-state index in [1.165, 1.54) is 10.4 Å². The van der Waals surface area contributed by atoms with Gasteiger partial charge >= 0.3 is 0 Å². The summed E-state index contributed by atoms with van der Waals surface area (Å²) in [6, 6.07) is 20.2. The van der Waals surface area contributed by atoms with Crippen LogP contribution in [0.4, 0.5) is 0 Å². The topological polar surface area (TPSA) is 36.3 Å². The Labute approximate surface area is 156 Å². The van der Waals surface area contributed by atoms with Crippen molar-refractivity contribution in [2.75, 3.05) is 13.7 Å². The van der Waals surface area contributed by atoms with Gasteiger partial charge in [0.25, 0.3) is 0 Å². The molecule has 0 bridgehead atoms. The number of para-hydroxylation sites is 2. The second kappa shape index (κ2) is 7.62. The molecule has 2 heterocycles. The fourth-order valence-corrected chi connectivity index (χ4v) is 3.70. The van der Waals surface area contributed by atoms with E-state index in [-0.39, 0.29) is 0 Å². The molecule has 0 N–H and O–H groups in total. The van der Waals surface area contributed by atoms with Crippen LogP contribution >= 0.6 is 11.3 Å². The second-order valence-corrected chi connectivity index (χ2v) is 6.88. The van der Waals surface area contributed by atoms with Gasteiger partial charge in [-0.2, -0.15) is 0 Å². The molecular weight excluding hydrogens is 344 g/mol. The molecule has 0 spiro atoms. The van der Waals surface area contributed by atoms with Crippen molar-refractivity contribution in [3.63, 3.8) is 0 Å². The molecule has 4 rings (SSSR count). The Morgan fingerprint density at radius 3 is 2.54 bits per heavy atom. The van der Waals surface area contributed by atoms with Crippen LogP contribution in [0.3, 0.4) is 0 Å². The minimum absolute atomic E-state index is 0.655. The third kappa shape index (κ3) is 3.44. The van der Waals surface area contributed by atoms with E-state index in [1.54, 1.807) is 18.4 Å². The minimum atomic E-state index is 0.655. The highest BCUT2D eigenvalue weighted by Crippen LogP contribution is 2.28. The molecule has 0 aliphatic rings. The van der Waals surface area contributed by atoms with E-state index in [4.69, 9.17) is 14.5 Å². The predicted molar refractivity (Wildman–Crippen MR) is 106 cm³/mol. The van der Waals surface area contributed by atoms with Crippen molar-refractivity contribution in [2.45, 2.75) is 13.0 Å². The Balaban J connectivity index is 1.47. The highest BCUT2D eigenvalue weighted by atomic mass is 32.1. The summed E-state index contributed by atoms with van der Waals surface area (Å²) < 4.78 is 13.3. The lowest BCUT2D eigenvalue weighted by Gasteiger charge is -2.10. The van der Waals surface area contributed by atoms with Crippen molar-refractivity contribution >= 4 is 22.4 Å². The number of ether oxygens (including phenoxy) is 2. The number of thiophene rings is 1. The van der Waals surface area contributed by atoms with E-state index in [9.17, 15) is 0 Å². The largest absolute Gasteiger partial charge is 0.497 e. The maximum atomic E-state index is 5.86. The van der Waals surface area contributed by atoms with Gasteiger partial charge in [0.05, 0.1) is 29.6 Å². The lowest BCUT2D eigenvalue weighted by Crippen LogP contribution is -2.05. The van der Waals surface area contributed by atoms with Crippen molar-refractivity contribution in [3.8, 4) is 22.2 Å². The number of imidazole rings is 1. The van der Waals surface area contributed by atoms with Gasteiger partial charge in [-0.05, 0) is 54.3 Å². The van der Waals surface area contributed by atoms with Gasteiger partial charge in [0.1, 0.15) is 11.5 Å². The van der Waals surface area contributed by atoms with Crippen molar-refractivity contribution in [1.29, 1.82) is 0 Å². The molecule has 0 fully saturated rings. The summed E-state index contributed by atoms with van der Waals surface area (Å²) in [6.07, 6.45) is 0.907. The zero-order valence-corrected chi connectivity index (χ0v) is 15.4. The molecule has 4 aromatic rings. The van der Waals surface area contributed by atoms with Crippen LogP contribution in [-0.2, 0) is 6.54 Å². The van der Waals surface area contributed by atoms with Crippen molar-refractivity contribution in [2.24, 2.45) is 0 Å². The summed E-state index contributed by atoms with van der Waals surface area (Å²) in [6.45, 7) is 1.52. The molecule has 0 saturated heterocycles. The number of rotatable bonds is 7. The predicted octanol–water partition coefficient (Wildman–Crippen LogP) is 5.24. The Kier molecular flexibility index (Phi) is 4.88. The third-order valence-corrected chi connectivity index (χ3v) is 5.12. The van der Waals surface area contributed by atoms with Crippen molar-refractivity contribution in [3.05, 3.63) is 66.0 Å². The molecule has 4 nitrogen and oxygen atoms in total. The summed E-state index contributed by atoms with van der Waals surface area (Å²) in [5.74, 6) is 2.73. The normalized spacial score (nSPS) is 11.0. The van der Waals surface area contributed by atoms with Gasteiger partial charge in [-0.1, -0.05) is 18.2 Å². The third-order valence-electron chi connectivity index (χ3n) is 4.25. The standard InChI is InChI=1S/C21H20N2O2S/c1-24-16-9-11-17(12-10-16)25-14-5-13-23-19-7-3-2-6-18(19)22-21(23)20-8-4-15-26-20/h2-4,6-12,15H,5,13-14H2,1H3. The zero-order valence-electron chi connectivity index (χ0n) is 14.6. The van der Waals surface area contributed by atoms with Crippen LogP contribution in [0, 0.1) is 0 Å². The Bertz CT molecular complexity index is 975. The Hall–Kier alpha value is -2.79. The van der Waals surface area contributed by atoms with E-state index in [1.807, 2.05) is 30.3 Å². The number of hydrogen-bond donors (Lipinski definition) is 0. The van der Waals surface area contributed by atoms with Gasteiger partial charge in [0.2, 0.25) is 0 Å². The first kappa shape index (κ1) is 16.7. The van der Waals surface area contributed by atoms with Gasteiger partial charge in [0.15, 0.2) is 5.82 Å². The molecule has 0 radical (unpaired) electrons. The zero-order chi connectivity index (χ0) is 17.8. The van der Waals surface area contributed by atoms with Crippen molar-refractivity contribution in [1.82, 2.24) is 9.55 Å². The maximum Gasteiger partial charge on any atom is 0.151 e. The summed E-state index contributed by atoms with van der Waals surface area (Å²) in [4.78, 5) is 6.02. The molecule has 2 aromatic heterocycles. The summed E-state index contributed by atoms with van der Waals surface area (Å²) in [7, 11) is 1.66. The number of methoxy groups -OCH3 is 1. The molecule has 0 aliphatic heterocycles. The first-order chi connectivity index (χ1) is 12.8. The number of benzene rings is 2. The molecule has 132 valence electrons. The highest BCUT2D eigenvalue weighted by Gasteiger charge is 2.12. The lowest BCUT2D eigenvalue weighted by molar-refractivity contribution is 0.302. The SMILES string of the molecule is COc1ccc(OCCCn2c(-c3cccs3)nc3ccccc32)cc1. The smallest absolute Gasteiger partial charge is 0.151 e. The van der Waals surface area contributed by atoms with E-state index in [0.717, 1.165) is 35.8 Å². The Morgan fingerprint density at radius 2 is 1.77 bits per heavy atom. The quantitative estimate of drug-likeness (QED) is 0.421. The first-order valence-corrected chi connectivity index (χ1v) is 9.49. The fourth-order valence-electron chi connectivity index (χ4n) is 2.98. The van der Waals surface area contributed by atoms with Crippen LogP contribution in [0.5, 0.6) is 11.5 Å². The highest BCUT2D eigenvalue weighted by molar-refractivity contribution is 7.13. The summed E-state index contributed by atoms with van der Waals surface area (Å²) in [5, 5.41) is 2.09. The molecule has 2 aromatic carbocycles. The number of fused-ring (bicyclic) bond motifs is 1. The number of nitrogens with zero attached hydrogens (tertiary/aromatic N) is 2. The van der Waals surface area contributed by atoms with E-state index >= 15 is 0 Å². The van der Waals surface area contributed by atoms with Crippen LogP contribution in [-0.4, -0.2) is 23.3 Å². The van der Waals surface area contributed by atoms with Gasteiger partial charge in [-0.15, -0.1) is 11.3 Å². The molecule has 0 saturated carbocycles. The van der Waals surface area contributed by atoms with Crippen LogP contribution in [0.25, 0.3) is 21.7 Å². The number of aryl methyl sites for hydroxylation is 1. The fraction of sp³-hybridized carbons (Fsp3) is 0.190. The molecule has 0 unspecified atom stereocenters. The molecule has 0 aliphatic carbocycles. The Morgan fingerprint density at radius 1 is 0.962 bits per heavy atom. The average Bonchev–Trinajstić information content (AvgIpc) is 3.33. The van der Waals surface area contributed by atoms with E-state index in [2.05, 4.69) is 40.3 Å². The van der Waals surface area contributed by atoms with Crippen LogP contribution in [0.15, 0.2) is 66.0 Å². The van der Waals surface area contributed by atoms with Gasteiger partial charge < -0.3 is 14.0 Å². The van der Waals surface area contributed by atoms with Gasteiger partial charge in [-0.25, -0.2) is 4.98 Å². The lowest BCUT2D eigenvalue weighted by atomic mass is 10.3. The van der Waals surface area contributed by atoms with Gasteiger partial charge in [-0.3, -0.25) is 0 Å². The average molecular weight is 364 g/mol. The van der Waals surface area contributed by atoms with Crippen molar-refractivity contribution < 1.29 is 9.47 Å². The maximum absolute atomic E-state index is 5.86. The van der Waals surface area contributed by atoms with Gasteiger partial charge in [0, 0.05) is 6.54 Å². The van der Waals surface area contributed by atoms with Crippen LogP contribution in [0.2, 0.25) is 0 Å². The molecule has 0 atom stereocenters. The molecule has 26 heavy (non-hydrogen) atoms. The van der Waals surface area contributed by atoms with Crippen LogP contribution < -0.4 is 9.47 Å². The molecule has 5 heteroatoms.